The maximum Gasteiger partial charge on any atom is 0.119 e. The number of ether oxygens (including phenoxy) is 1. The summed E-state index contributed by atoms with van der Waals surface area (Å²) in [6, 6.07) is 6.69. The van der Waals surface area contributed by atoms with Crippen molar-refractivity contribution in [3.05, 3.63) is 36.7 Å². The molecule has 0 aliphatic rings. The van der Waals surface area contributed by atoms with Crippen molar-refractivity contribution in [3.63, 3.8) is 0 Å². The average Bonchev–Trinajstić information content (AvgIpc) is 2.80. The van der Waals surface area contributed by atoms with E-state index in [9.17, 15) is 0 Å². The Kier molecular flexibility index (Phi) is 3.38. The predicted octanol–water partition coefficient (Wildman–Crippen LogP) is 1.45. The van der Waals surface area contributed by atoms with Crippen molar-refractivity contribution in [1.29, 1.82) is 0 Å². The van der Waals surface area contributed by atoms with Gasteiger partial charge in [-0.1, -0.05) is 5.21 Å². The molecule has 16 heavy (non-hydrogen) atoms. The highest BCUT2D eigenvalue weighted by atomic mass is 16.5. The van der Waals surface area contributed by atoms with Crippen LogP contribution in [-0.4, -0.2) is 26.7 Å². The van der Waals surface area contributed by atoms with Crippen LogP contribution in [0.4, 0.5) is 0 Å². The van der Waals surface area contributed by atoms with E-state index in [1.54, 1.807) is 35.1 Å². The molecule has 2 aromatic rings. The molecule has 0 saturated carbocycles. The molecule has 0 amide bonds. The van der Waals surface area contributed by atoms with E-state index in [4.69, 9.17) is 9.84 Å². The van der Waals surface area contributed by atoms with Gasteiger partial charge < -0.3 is 9.84 Å². The van der Waals surface area contributed by atoms with Gasteiger partial charge >= 0.3 is 0 Å². The zero-order valence-corrected chi connectivity index (χ0v) is 8.78. The third-order valence-corrected chi connectivity index (χ3v) is 2.11. The Morgan fingerprint density at radius 2 is 2.06 bits per heavy atom. The Hall–Kier alpha value is -2.04. The Morgan fingerprint density at radius 3 is 2.75 bits per heavy atom. The van der Waals surface area contributed by atoms with Crippen molar-refractivity contribution in [3.8, 4) is 11.5 Å². The maximum absolute atomic E-state index is 9.08. The molecule has 1 aromatic heterocycles. The van der Waals surface area contributed by atoms with Crippen LogP contribution >= 0.6 is 0 Å². The fourth-order valence-electron chi connectivity index (χ4n) is 1.31. The normalized spacial score (nSPS) is 10.2. The van der Waals surface area contributed by atoms with Crippen LogP contribution in [0.15, 0.2) is 36.7 Å². The van der Waals surface area contributed by atoms with Crippen molar-refractivity contribution < 1.29 is 9.84 Å². The van der Waals surface area contributed by atoms with E-state index in [2.05, 4.69) is 10.3 Å². The highest BCUT2D eigenvalue weighted by Gasteiger charge is 1.95. The molecule has 0 atom stereocenters. The molecular weight excluding hydrogens is 206 g/mol. The Labute approximate surface area is 93.3 Å². The van der Waals surface area contributed by atoms with E-state index in [-0.39, 0.29) is 5.75 Å². The van der Waals surface area contributed by atoms with Crippen LogP contribution in [0.3, 0.4) is 0 Å². The lowest BCUT2D eigenvalue weighted by molar-refractivity contribution is 0.297. The molecule has 2 rings (SSSR count). The quantitative estimate of drug-likeness (QED) is 0.773. The first-order chi connectivity index (χ1) is 7.84. The van der Waals surface area contributed by atoms with Crippen LogP contribution in [0, 0.1) is 0 Å². The van der Waals surface area contributed by atoms with Gasteiger partial charge in [-0.25, -0.2) is 0 Å². The molecule has 0 fully saturated rings. The molecule has 0 radical (unpaired) electrons. The number of hydrogen-bond donors (Lipinski definition) is 1. The summed E-state index contributed by atoms with van der Waals surface area (Å²) in [5.41, 5.74) is 0. The Balaban J connectivity index is 1.70. The van der Waals surface area contributed by atoms with Crippen LogP contribution in [0.5, 0.6) is 11.5 Å². The molecule has 5 heteroatoms. The van der Waals surface area contributed by atoms with Crippen LogP contribution < -0.4 is 4.74 Å². The lowest BCUT2D eigenvalue weighted by atomic mass is 10.3. The molecule has 0 unspecified atom stereocenters. The van der Waals surface area contributed by atoms with Gasteiger partial charge in [0.1, 0.15) is 11.5 Å². The van der Waals surface area contributed by atoms with Crippen LogP contribution in [0.1, 0.15) is 6.42 Å². The molecule has 0 bridgehead atoms. The summed E-state index contributed by atoms with van der Waals surface area (Å²) in [4.78, 5) is 0. The lowest BCUT2D eigenvalue weighted by Crippen LogP contribution is -2.05. The second kappa shape index (κ2) is 5.16. The lowest BCUT2D eigenvalue weighted by Gasteiger charge is -2.05. The van der Waals surface area contributed by atoms with Crippen molar-refractivity contribution in [1.82, 2.24) is 15.0 Å². The number of aromatic nitrogens is 3. The van der Waals surface area contributed by atoms with Gasteiger partial charge in [-0.15, -0.1) is 5.10 Å². The van der Waals surface area contributed by atoms with E-state index in [0.717, 1.165) is 18.7 Å². The first kappa shape index (κ1) is 10.5. The first-order valence-corrected chi connectivity index (χ1v) is 5.10. The summed E-state index contributed by atoms with van der Waals surface area (Å²) in [5, 5.41) is 16.6. The van der Waals surface area contributed by atoms with Crippen LogP contribution in [0.2, 0.25) is 0 Å². The Morgan fingerprint density at radius 1 is 1.25 bits per heavy atom. The monoisotopic (exact) mass is 219 g/mol. The molecule has 1 heterocycles. The van der Waals surface area contributed by atoms with Crippen molar-refractivity contribution in [2.24, 2.45) is 0 Å². The minimum absolute atomic E-state index is 0.245. The van der Waals surface area contributed by atoms with Gasteiger partial charge in [-0.3, -0.25) is 4.68 Å². The molecule has 0 aliphatic heterocycles. The van der Waals surface area contributed by atoms with Crippen molar-refractivity contribution >= 4 is 0 Å². The third-order valence-electron chi connectivity index (χ3n) is 2.11. The van der Waals surface area contributed by atoms with Gasteiger partial charge in [0.05, 0.1) is 12.8 Å². The number of phenols is 1. The largest absolute Gasteiger partial charge is 0.508 e. The van der Waals surface area contributed by atoms with E-state index in [1.165, 1.54) is 0 Å². The fourth-order valence-corrected chi connectivity index (χ4v) is 1.31. The number of nitrogens with zero attached hydrogens (tertiary/aromatic N) is 3. The predicted molar refractivity (Wildman–Crippen MR) is 58.2 cm³/mol. The zero-order chi connectivity index (χ0) is 11.2. The third kappa shape index (κ3) is 2.98. The molecule has 0 aliphatic carbocycles. The highest BCUT2D eigenvalue weighted by Crippen LogP contribution is 2.15. The topological polar surface area (TPSA) is 60.2 Å². The molecule has 5 nitrogen and oxygen atoms in total. The number of benzene rings is 1. The van der Waals surface area contributed by atoms with Crippen molar-refractivity contribution in [2.75, 3.05) is 6.61 Å². The van der Waals surface area contributed by atoms with Gasteiger partial charge in [-0.2, -0.15) is 0 Å². The molecule has 84 valence electrons. The second-order valence-corrected chi connectivity index (χ2v) is 3.36. The number of hydrogen-bond acceptors (Lipinski definition) is 4. The standard InChI is InChI=1S/C11H13N3O2/c15-10-2-4-11(5-3-10)16-9-1-7-14-8-6-12-13-14/h2-6,8,15H,1,7,9H2. The second-order valence-electron chi connectivity index (χ2n) is 3.36. The summed E-state index contributed by atoms with van der Waals surface area (Å²) < 4.78 is 7.25. The molecule has 0 spiro atoms. The Bertz CT molecular complexity index is 411. The van der Waals surface area contributed by atoms with Gasteiger partial charge in [0.2, 0.25) is 0 Å². The molecule has 0 saturated heterocycles. The summed E-state index contributed by atoms with van der Waals surface area (Å²) in [5.74, 6) is 1.01. The number of aryl methyl sites for hydroxylation is 1. The van der Waals surface area contributed by atoms with Crippen LogP contribution in [0.25, 0.3) is 0 Å². The number of rotatable bonds is 5. The van der Waals surface area contributed by atoms with Gasteiger partial charge in [0.15, 0.2) is 0 Å². The molecule has 1 aromatic carbocycles. The first-order valence-electron chi connectivity index (χ1n) is 5.10. The summed E-state index contributed by atoms with van der Waals surface area (Å²) in [6.07, 6.45) is 4.34. The van der Waals surface area contributed by atoms with Gasteiger partial charge in [0.25, 0.3) is 0 Å². The smallest absolute Gasteiger partial charge is 0.119 e. The maximum atomic E-state index is 9.08. The highest BCUT2D eigenvalue weighted by molar-refractivity contribution is 5.29. The number of phenolic OH excluding ortho intramolecular Hbond substituents is 1. The average molecular weight is 219 g/mol. The van der Waals surface area contributed by atoms with Crippen molar-refractivity contribution in [2.45, 2.75) is 13.0 Å². The molecular formula is C11H13N3O2. The molecule has 1 N–H and O–H groups in total. The van der Waals surface area contributed by atoms with E-state index < -0.39 is 0 Å². The minimum atomic E-state index is 0.245. The van der Waals surface area contributed by atoms with Gasteiger partial charge in [-0.05, 0) is 24.3 Å². The minimum Gasteiger partial charge on any atom is -0.508 e. The fraction of sp³-hybridized carbons (Fsp3) is 0.273. The SMILES string of the molecule is Oc1ccc(OCCCn2ccnn2)cc1. The van der Waals surface area contributed by atoms with Gasteiger partial charge in [0, 0.05) is 19.2 Å². The summed E-state index contributed by atoms with van der Waals surface area (Å²) in [7, 11) is 0. The van der Waals surface area contributed by atoms with E-state index >= 15 is 0 Å². The number of aromatic hydroxyl groups is 1. The van der Waals surface area contributed by atoms with E-state index in [1.807, 2.05) is 6.20 Å². The van der Waals surface area contributed by atoms with Crippen LogP contribution in [-0.2, 0) is 6.54 Å². The van der Waals surface area contributed by atoms with E-state index in [0.29, 0.717) is 6.61 Å². The summed E-state index contributed by atoms with van der Waals surface area (Å²) in [6.45, 7) is 1.41. The zero-order valence-electron chi connectivity index (χ0n) is 8.78. The summed E-state index contributed by atoms with van der Waals surface area (Å²) >= 11 is 0.